The van der Waals surface area contributed by atoms with Gasteiger partial charge >= 0.3 is 7.12 Å². The zero-order chi connectivity index (χ0) is 16.8. The predicted octanol–water partition coefficient (Wildman–Crippen LogP) is 1.88. The predicted molar refractivity (Wildman–Crippen MR) is 91.8 cm³/mol. The van der Waals surface area contributed by atoms with Crippen LogP contribution < -0.4 is 10.4 Å². The van der Waals surface area contributed by atoms with Crippen LogP contribution in [0.2, 0.25) is 0 Å². The number of likely N-dealkylation sites (N-methyl/N-ethyl adjacent to an activating group) is 1. The van der Waals surface area contributed by atoms with E-state index in [0.29, 0.717) is 0 Å². The number of benzene rings is 1. The van der Waals surface area contributed by atoms with Gasteiger partial charge in [0.2, 0.25) is 0 Å². The minimum absolute atomic E-state index is 0.244. The molecule has 0 spiro atoms. The highest BCUT2D eigenvalue weighted by molar-refractivity contribution is 6.62. The molecular formula is C17H26BFN2O2. The Morgan fingerprint density at radius 3 is 2.09 bits per heavy atom. The molecule has 2 saturated heterocycles. The van der Waals surface area contributed by atoms with Gasteiger partial charge in [0, 0.05) is 31.9 Å². The SMILES string of the molecule is CN1CCN(c2cc(F)cc(B3OC(C)(C)C(C)(C)O3)c2)CC1. The van der Waals surface area contributed by atoms with Crippen LogP contribution >= 0.6 is 0 Å². The van der Waals surface area contributed by atoms with Crippen molar-refractivity contribution in [3.8, 4) is 0 Å². The summed E-state index contributed by atoms with van der Waals surface area (Å²) in [6, 6.07) is 5.11. The third kappa shape index (κ3) is 3.25. The maximum absolute atomic E-state index is 14.1. The van der Waals surface area contributed by atoms with Crippen molar-refractivity contribution in [3.05, 3.63) is 24.0 Å². The van der Waals surface area contributed by atoms with E-state index >= 15 is 0 Å². The molecule has 0 unspecified atom stereocenters. The Morgan fingerprint density at radius 1 is 0.957 bits per heavy atom. The highest BCUT2D eigenvalue weighted by Gasteiger charge is 2.51. The van der Waals surface area contributed by atoms with Gasteiger partial charge in [0.05, 0.1) is 11.2 Å². The molecule has 0 N–H and O–H groups in total. The molecule has 0 atom stereocenters. The summed E-state index contributed by atoms with van der Waals surface area (Å²) >= 11 is 0. The fourth-order valence-electron chi connectivity index (χ4n) is 2.96. The van der Waals surface area contributed by atoms with Gasteiger partial charge in [0.25, 0.3) is 0 Å². The van der Waals surface area contributed by atoms with Crippen LogP contribution in [0.15, 0.2) is 18.2 Å². The maximum Gasteiger partial charge on any atom is 0.495 e. The molecule has 6 heteroatoms. The summed E-state index contributed by atoms with van der Waals surface area (Å²) in [5.41, 5.74) is 0.816. The second kappa shape index (κ2) is 5.76. The van der Waals surface area contributed by atoms with Crippen molar-refractivity contribution in [2.75, 3.05) is 38.1 Å². The van der Waals surface area contributed by atoms with Crippen LogP contribution in [0.3, 0.4) is 0 Å². The van der Waals surface area contributed by atoms with E-state index in [9.17, 15) is 4.39 Å². The molecule has 2 aliphatic heterocycles. The molecule has 0 amide bonds. The molecule has 0 saturated carbocycles. The Morgan fingerprint density at radius 2 is 1.52 bits per heavy atom. The minimum Gasteiger partial charge on any atom is -0.399 e. The van der Waals surface area contributed by atoms with Crippen LogP contribution in [0, 0.1) is 5.82 Å². The first-order valence-corrected chi connectivity index (χ1v) is 8.28. The number of rotatable bonds is 2. The molecule has 4 nitrogen and oxygen atoms in total. The molecule has 23 heavy (non-hydrogen) atoms. The molecule has 0 radical (unpaired) electrons. The molecule has 126 valence electrons. The zero-order valence-electron chi connectivity index (χ0n) is 14.7. The summed E-state index contributed by atoms with van der Waals surface area (Å²) in [7, 11) is 1.58. The van der Waals surface area contributed by atoms with E-state index in [-0.39, 0.29) is 5.82 Å². The first kappa shape index (κ1) is 16.7. The van der Waals surface area contributed by atoms with Crippen LogP contribution in [0.4, 0.5) is 10.1 Å². The van der Waals surface area contributed by atoms with E-state index in [1.54, 1.807) is 6.07 Å². The number of nitrogens with zero attached hydrogens (tertiary/aromatic N) is 2. The lowest BCUT2D eigenvalue weighted by Crippen LogP contribution is -2.45. The largest absolute Gasteiger partial charge is 0.495 e. The van der Waals surface area contributed by atoms with Gasteiger partial charge in [-0.25, -0.2) is 4.39 Å². The summed E-state index contributed by atoms with van der Waals surface area (Å²) in [5.74, 6) is -0.244. The smallest absolute Gasteiger partial charge is 0.399 e. The average molecular weight is 320 g/mol. The second-order valence-corrected chi connectivity index (χ2v) is 7.62. The molecule has 2 heterocycles. The van der Waals surface area contributed by atoms with Gasteiger partial charge < -0.3 is 19.1 Å². The highest BCUT2D eigenvalue weighted by atomic mass is 19.1. The van der Waals surface area contributed by atoms with Crippen LogP contribution in [0.25, 0.3) is 0 Å². The first-order valence-electron chi connectivity index (χ1n) is 8.28. The van der Waals surface area contributed by atoms with Crippen molar-refractivity contribution in [2.24, 2.45) is 0 Å². The minimum atomic E-state index is -0.526. The maximum atomic E-state index is 14.1. The molecule has 0 bridgehead atoms. The summed E-state index contributed by atoms with van der Waals surface area (Å²) in [5, 5.41) is 0. The van der Waals surface area contributed by atoms with Crippen LogP contribution in [0.1, 0.15) is 27.7 Å². The normalized spacial score (nSPS) is 24.3. The number of hydrogen-bond acceptors (Lipinski definition) is 4. The van der Waals surface area contributed by atoms with Gasteiger partial charge in [0.1, 0.15) is 5.82 Å². The molecule has 3 rings (SSSR count). The molecule has 2 aliphatic rings. The standard InChI is InChI=1S/C17H26BFN2O2/c1-16(2)17(3,4)23-18(22-16)13-10-14(19)12-15(11-13)21-8-6-20(5)7-9-21/h10-12H,6-9H2,1-5H3. The summed E-state index contributed by atoms with van der Waals surface area (Å²) in [6.07, 6.45) is 0. The van der Waals surface area contributed by atoms with E-state index in [4.69, 9.17) is 9.31 Å². The summed E-state index contributed by atoms with van der Waals surface area (Å²) < 4.78 is 26.2. The third-order valence-electron chi connectivity index (χ3n) is 5.30. The quantitative estimate of drug-likeness (QED) is 0.777. The molecular weight excluding hydrogens is 294 g/mol. The van der Waals surface area contributed by atoms with Crippen molar-refractivity contribution < 1.29 is 13.7 Å². The van der Waals surface area contributed by atoms with E-state index < -0.39 is 18.3 Å². The average Bonchev–Trinajstić information content (AvgIpc) is 2.67. The molecule has 0 aliphatic carbocycles. The number of piperazine rings is 1. The van der Waals surface area contributed by atoms with Crippen molar-refractivity contribution in [1.82, 2.24) is 4.90 Å². The fourth-order valence-corrected chi connectivity index (χ4v) is 2.96. The number of halogens is 1. The van der Waals surface area contributed by atoms with Crippen molar-refractivity contribution in [1.29, 1.82) is 0 Å². The van der Waals surface area contributed by atoms with Gasteiger partial charge in [-0.3, -0.25) is 0 Å². The Kier molecular flexibility index (Phi) is 4.19. The first-order chi connectivity index (χ1) is 10.7. The topological polar surface area (TPSA) is 24.9 Å². The molecule has 2 fully saturated rings. The molecule has 0 aromatic heterocycles. The fraction of sp³-hybridized carbons (Fsp3) is 0.647. The van der Waals surface area contributed by atoms with E-state index in [1.807, 2.05) is 33.8 Å². The van der Waals surface area contributed by atoms with Gasteiger partial charge in [-0.2, -0.15) is 0 Å². The zero-order valence-corrected chi connectivity index (χ0v) is 14.7. The van der Waals surface area contributed by atoms with Gasteiger partial charge in [-0.1, -0.05) is 0 Å². The Bertz CT molecular complexity index is 570. The molecule has 1 aromatic rings. The summed E-state index contributed by atoms with van der Waals surface area (Å²) in [4.78, 5) is 4.50. The summed E-state index contributed by atoms with van der Waals surface area (Å²) in [6.45, 7) is 11.8. The van der Waals surface area contributed by atoms with E-state index in [2.05, 4.69) is 16.8 Å². The number of anilines is 1. The Labute approximate surface area is 138 Å². The van der Waals surface area contributed by atoms with Gasteiger partial charge in [0.15, 0.2) is 0 Å². The van der Waals surface area contributed by atoms with Gasteiger partial charge in [-0.15, -0.1) is 0 Å². The van der Waals surface area contributed by atoms with Crippen LogP contribution in [-0.4, -0.2) is 56.4 Å². The van der Waals surface area contributed by atoms with Crippen LogP contribution in [-0.2, 0) is 9.31 Å². The number of hydrogen-bond donors (Lipinski definition) is 0. The van der Waals surface area contributed by atoms with Gasteiger partial charge in [-0.05, 0) is 58.4 Å². The third-order valence-corrected chi connectivity index (χ3v) is 5.30. The van der Waals surface area contributed by atoms with Crippen LogP contribution in [0.5, 0.6) is 0 Å². The lowest BCUT2D eigenvalue weighted by molar-refractivity contribution is 0.00578. The highest BCUT2D eigenvalue weighted by Crippen LogP contribution is 2.36. The Balaban J connectivity index is 1.84. The van der Waals surface area contributed by atoms with Crippen molar-refractivity contribution in [2.45, 2.75) is 38.9 Å². The van der Waals surface area contributed by atoms with Crippen molar-refractivity contribution in [3.63, 3.8) is 0 Å². The second-order valence-electron chi connectivity index (χ2n) is 7.62. The van der Waals surface area contributed by atoms with E-state index in [1.165, 1.54) is 6.07 Å². The monoisotopic (exact) mass is 320 g/mol. The lowest BCUT2D eigenvalue weighted by Gasteiger charge is -2.34. The van der Waals surface area contributed by atoms with Crippen molar-refractivity contribution >= 4 is 18.3 Å². The molecule has 1 aromatic carbocycles. The Hall–Kier alpha value is -1.11. The van der Waals surface area contributed by atoms with E-state index in [0.717, 1.165) is 37.3 Å². The lowest BCUT2D eigenvalue weighted by atomic mass is 9.78.